The lowest BCUT2D eigenvalue weighted by Crippen LogP contribution is -2.47. The van der Waals surface area contributed by atoms with Gasteiger partial charge in [0.1, 0.15) is 0 Å². The highest BCUT2D eigenvalue weighted by molar-refractivity contribution is 5.80. The zero-order chi connectivity index (χ0) is 17.2. The van der Waals surface area contributed by atoms with E-state index in [9.17, 15) is 0 Å². The molecule has 2 fully saturated rings. The molecule has 0 spiro atoms. The lowest BCUT2D eigenvalue weighted by atomic mass is 10.1. The lowest BCUT2D eigenvalue weighted by molar-refractivity contribution is 0.0262. The molecule has 0 saturated carbocycles. The van der Waals surface area contributed by atoms with Gasteiger partial charge in [-0.3, -0.25) is 9.89 Å². The number of piperidine rings is 1. The fraction of sp³-hybridized carbons (Fsp3) is 0.944. The molecule has 1 atom stereocenters. The van der Waals surface area contributed by atoms with Gasteiger partial charge < -0.3 is 19.7 Å². The predicted molar refractivity (Wildman–Crippen MR) is 98.6 cm³/mol. The first-order valence-electron chi connectivity index (χ1n) is 9.67. The zero-order valence-electron chi connectivity index (χ0n) is 15.8. The molecular weight excluding hydrogens is 304 g/mol. The number of rotatable bonds is 7. The van der Waals surface area contributed by atoms with Crippen molar-refractivity contribution in [3.63, 3.8) is 0 Å². The number of aliphatic imine (C=N–C) groups is 1. The number of guanidine groups is 1. The van der Waals surface area contributed by atoms with Gasteiger partial charge >= 0.3 is 0 Å². The second-order valence-corrected chi connectivity index (χ2v) is 6.85. The van der Waals surface area contributed by atoms with E-state index in [1.165, 1.54) is 0 Å². The van der Waals surface area contributed by atoms with Gasteiger partial charge in [0.05, 0.1) is 19.3 Å². The Morgan fingerprint density at radius 1 is 1.21 bits per heavy atom. The summed E-state index contributed by atoms with van der Waals surface area (Å²) in [7, 11) is 0. The summed E-state index contributed by atoms with van der Waals surface area (Å²) in [5.41, 5.74) is 0. The smallest absolute Gasteiger partial charge is 0.193 e. The normalized spacial score (nSPS) is 22.6. The molecule has 6 heteroatoms. The van der Waals surface area contributed by atoms with E-state index in [2.05, 4.69) is 35.9 Å². The Hall–Kier alpha value is -0.850. The highest BCUT2D eigenvalue weighted by Gasteiger charge is 2.22. The van der Waals surface area contributed by atoms with Gasteiger partial charge in [-0.2, -0.15) is 0 Å². The number of likely N-dealkylation sites (tertiary alicyclic amines) is 1. The van der Waals surface area contributed by atoms with E-state index >= 15 is 0 Å². The first-order chi connectivity index (χ1) is 11.7. The summed E-state index contributed by atoms with van der Waals surface area (Å²) in [6.07, 6.45) is 2.62. The van der Waals surface area contributed by atoms with Crippen LogP contribution < -0.4 is 5.32 Å². The number of ether oxygens (including phenoxy) is 2. The molecule has 2 rings (SSSR count). The van der Waals surface area contributed by atoms with Gasteiger partial charge in [0.2, 0.25) is 0 Å². The number of hydrogen-bond donors (Lipinski definition) is 1. The Morgan fingerprint density at radius 3 is 2.54 bits per heavy atom. The minimum Gasteiger partial charge on any atom is -0.379 e. The van der Waals surface area contributed by atoms with Crippen molar-refractivity contribution in [1.29, 1.82) is 0 Å². The molecule has 2 saturated heterocycles. The van der Waals surface area contributed by atoms with Crippen LogP contribution in [0.1, 0.15) is 33.6 Å². The van der Waals surface area contributed by atoms with Crippen molar-refractivity contribution < 1.29 is 9.47 Å². The molecule has 0 aromatic carbocycles. The molecule has 24 heavy (non-hydrogen) atoms. The number of nitrogens with zero attached hydrogens (tertiary/aromatic N) is 3. The number of morpholine rings is 1. The maximum absolute atomic E-state index is 5.75. The van der Waals surface area contributed by atoms with E-state index in [0.717, 1.165) is 84.4 Å². The van der Waals surface area contributed by atoms with Gasteiger partial charge in [0.15, 0.2) is 5.96 Å². The first-order valence-corrected chi connectivity index (χ1v) is 9.67. The molecule has 0 bridgehead atoms. The van der Waals surface area contributed by atoms with Gasteiger partial charge in [0.25, 0.3) is 0 Å². The van der Waals surface area contributed by atoms with Crippen LogP contribution in [0.5, 0.6) is 0 Å². The molecule has 140 valence electrons. The van der Waals surface area contributed by atoms with E-state index in [1.807, 2.05) is 0 Å². The van der Waals surface area contributed by atoms with Gasteiger partial charge in [0, 0.05) is 52.4 Å². The summed E-state index contributed by atoms with van der Waals surface area (Å²) in [6.45, 7) is 16.2. The molecule has 0 aromatic rings. The minimum absolute atomic E-state index is 0.425. The molecule has 0 amide bonds. The Morgan fingerprint density at radius 2 is 1.92 bits per heavy atom. The van der Waals surface area contributed by atoms with E-state index in [-0.39, 0.29) is 0 Å². The van der Waals surface area contributed by atoms with Crippen LogP contribution in [0.3, 0.4) is 0 Å². The lowest BCUT2D eigenvalue weighted by Gasteiger charge is -2.34. The highest BCUT2D eigenvalue weighted by atomic mass is 16.5. The van der Waals surface area contributed by atoms with Crippen molar-refractivity contribution in [3.8, 4) is 0 Å². The van der Waals surface area contributed by atoms with Crippen molar-refractivity contribution in [2.45, 2.75) is 39.7 Å². The molecule has 2 heterocycles. The van der Waals surface area contributed by atoms with Crippen molar-refractivity contribution in [2.24, 2.45) is 10.9 Å². The molecule has 0 aliphatic carbocycles. The quantitative estimate of drug-likeness (QED) is 0.561. The van der Waals surface area contributed by atoms with E-state index < -0.39 is 0 Å². The topological polar surface area (TPSA) is 49.3 Å². The van der Waals surface area contributed by atoms with E-state index in [1.54, 1.807) is 0 Å². The molecular formula is C18H36N4O2. The Balaban J connectivity index is 1.79. The third-order valence-electron chi connectivity index (χ3n) is 4.71. The van der Waals surface area contributed by atoms with Crippen LogP contribution in [0.25, 0.3) is 0 Å². The average Bonchev–Trinajstić information content (AvgIpc) is 2.60. The van der Waals surface area contributed by atoms with Crippen LogP contribution in [0.15, 0.2) is 4.99 Å². The summed E-state index contributed by atoms with van der Waals surface area (Å²) in [5.74, 6) is 1.64. The van der Waals surface area contributed by atoms with Crippen LogP contribution in [0.4, 0.5) is 0 Å². The molecule has 0 radical (unpaired) electrons. The van der Waals surface area contributed by atoms with Gasteiger partial charge in [-0.25, -0.2) is 0 Å². The van der Waals surface area contributed by atoms with Crippen molar-refractivity contribution in [3.05, 3.63) is 0 Å². The highest BCUT2D eigenvalue weighted by Crippen LogP contribution is 2.14. The third-order valence-corrected chi connectivity index (χ3v) is 4.71. The van der Waals surface area contributed by atoms with Gasteiger partial charge in [-0.15, -0.1) is 0 Å². The summed E-state index contributed by atoms with van der Waals surface area (Å²) >= 11 is 0. The average molecular weight is 341 g/mol. The second kappa shape index (κ2) is 10.9. The molecule has 1 N–H and O–H groups in total. The summed E-state index contributed by atoms with van der Waals surface area (Å²) < 4.78 is 11.2. The second-order valence-electron chi connectivity index (χ2n) is 6.85. The summed E-state index contributed by atoms with van der Waals surface area (Å²) in [4.78, 5) is 9.79. The SMILES string of the molecule is CCNC(=NCC(C)CN1CCOCC1)N1CCC(OCC)CC1. The van der Waals surface area contributed by atoms with Crippen molar-refractivity contribution in [1.82, 2.24) is 15.1 Å². The van der Waals surface area contributed by atoms with Crippen molar-refractivity contribution in [2.75, 3.05) is 65.6 Å². The fourth-order valence-electron chi connectivity index (χ4n) is 3.42. The van der Waals surface area contributed by atoms with Gasteiger partial charge in [-0.05, 0) is 32.6 Å². The molecule has 2 aliphatic heterocycles. The van der Waals surface area contributed by atoms with Crippen LogP contribution in [-0.2, 0) is 9.47 Å². The Bertz CT molecular complexity index is 364. The van der Waals surface area contributed by atoms with Gasteiger partial charge in [-0.1, -0.05) is 6.92 Å². The van der Waals surface area contributed by atoms with E-state index in [0.29, 0.717) is 12.0 Å². The zero-order valence-corrected chi connectivity index (χ0v) is 15.8. The van der Waals surface area contributed by atoms with Crippen molar-refractivity contribution >= 4 is 5.96 Å². The largest absolute Gasteiger partial charge is 0.379 e. The van der Waals surface area contributed by atoms with Crippen LogP contribution in [0.2, 0.25) is 0 Å². The maximum atomic E-state index is 5.75. The summed E-state index contributed by atoms with van der Waals surface area (Å²) in [6, 6.07) is 0. The molecule has 0 aromatic heterocycles. The number of nitrogens with one attached hydrogen (secondary N) is 1. The maximum Gasteiger partial charge on any atom is 0.193 e. The molecule has 6 nitrogen and oxygen atoms in total. The minimum atomic E-state index is 0.425. The predicted octanol–water partition coefficient (Wildman–Crippen LogP) is 1.42. The first kappa shape index (κ1) is 19.5. The molecule has 1 unspecified atom stereocenters. The van der Waals surface area contributed by atoms with Crippen LogP contribution in [-0.4, -0.2) is 87.5 Å². The standard InChI is InChI=1S/C18H36N4O2/c1-4-19-18(22-8-6-17(7-9-22)24-5-2)20-14-16(3)15-21-10-12-23-13-11-21/h16-17H,4-15H2,1-3H3,(H,19,20). The van der Waals surface area contributed by atoms with Crippen LogP contribution >= 0.6 is 0 Å². The molecule has 2 aliphatic rings. The fourth-order valence-corrected chi connectivity index (χ4v) is 3.42. The summed E-state index contributed by atoms with van der Waals surface area (Å²) in [5, 5.41) is 3.46. The van der Waals surface area contributed by atoms with Crippen LogP contribution in [0, 0.1) is 5.92 Å². The third kappa shape index (κ3) is 6.57. The Kier molecular flexibility index (Phi) is 8.84. The Labute approximate surface area is 147 Å². The number of hydrogen-bond acceptors (Lipinski definition) is 4. The van der Waals surface area contributed by atoms with E-state index in [4.69, 9.17) is 14.5 Å². The monoisotopic (exact) mass is 340 g/mol.